The fourth-order valence-corrected chi connectivity index (χ4v) is 6.00. The van der Waals surface area contributed by atoms with Gasteiger partial charge in [-0.1, -0.05) is 6.07 Å². The van der Waals surface area contributed by atoms with Crippen molar-refractivity contribution in [1.29, 1.82) is 0 Å². The molecule has 36 heavy (non-hydrogen) atoms. The van der Waals surface area contributed by atoms with Crippen LogP contribution in [0.5, 0.6) is 0 Å². The van der Waals surface area contributed by atoms with Gasteiger partial charge >= 0.3 is 0 Å². The van der Waals surface area contributed by atoms with Crippen LogP contribution >= 0.6 is 0 Å². The summed E-state index contributed by atoms with van der Waals surface area (Å²) in [7, 11) is 0. The molecule has 0 radical (unpaired) electrons. The molecule has 3 amide bonds. The number of imide groups is 1. The number of nitrogens with one attached hydrogen (secondary N) is 1. The Bertz CT molecular complexity index is 1270. The molecule has 3 fully saturated rings. The number of amides is 3. The first-order valence-corrected chi connectivity index (χ1v) is 12.4. The van der Waals surface area contributed by atoms with E-state index < -0.39 is 23.7 Å². The Morgan fingerprint density at radius 3 is 2.69 bits per heavy atom. The molecule has 1 aromatic heterocycles. The molecule has 1 atom stereocenters. The highest BCUT2D eigenvalue weighted by Crippen LogP contribution is 2.39. The van der Waals surface area contributed by atoms with E-state index in [0.717, 1.165) is 38.3 Å². The third kappa shape index (κ3) is 3.84. The maximum absolute atomic E-state index is 15.6. The number of nitrogens with two attached hydrogens (primary N) is 1. The summed E-state index contributed by atoms with van der Waals surface area (Å²) in [5.41, 5.74) is 8.54. The first kappa shape index (κ1) is 23.1. The highest BCUT2D eigenvalue weighted by atomic mass is 19.1. The van der Waals surface area contributed by atoms with E-state index in [4.69, 9.17) is 10.5 Å². The van der Waals surface area contributed by atoms with Gasteiger partial charge in [0.15, 0.2) is 0 Å². The standard InChI is InChI=1S/C26H28FN5O4/c27-22-17(4-3-16-18(22)11-32(25(16)35)20-6-7-21(33)30-24(20)34)19-5-2-15(23(28)29-19)10-31-12-26(13-31)8-1-9-36-14-26/h2-5,20H,1,6-14H2,(H2,28,29)(H,30,33,34)/t20-/m1/s1. The average molecular weight is 494 g/mol. The summed E-state index contributed by atoms with van der Waals surface area (Å²) in [5, 5.41) is 2.26. The summed E-state index contributed by atoms with van der Waals surface area (Å²) in [4.78, 5) is 44.8. The molecule has 1 aromatic carbocycles. The van der Waals surface area contributed by atoms with Crippen LogP contribution in [0.4, 0.5) is 10.2 Å². The van der Waals surface area contributed by atoms with Gasteiger partial charge in [0, 0.05) is 60.3 Å². The Morgan fingerprint density at radius 2 is 1.97 bits per heavy atom. The second-order valence-corrected chi connectivity index (χ2v) is 10.4. The Morgan fingerprint density at radius 1 is 1.17 bits per heavy atom. The van der Waals surface area contributed by atoms with Gasteiger partial charge in [-0.25, -0.2) is 9.37 Å². The fourth-order valence-electron chi connectivity index (χ4n) is 6.00. The number of ether oxygens (including phenoxy) is 1. The number of rotatable bonds is 4. The lowest BCUT2D eigenvalue weighted by Crippen LogP contribution is -2.59. The van der Waals surface area contributed by atoms with E-state index in [2.05, 4.69) is 15.2 Å². The van der Waals surface area contributed by atoms with Crippen LogP contribution in [0, 0.1) is 11.2 Å². The lowest BCUT2D eigenvalue weighted by molar-refractivity contribution is -0.136. The van der Waals surface area contributed by atoms with Gasteiger partial charge in [-0.15, -0.1) is 0 Å². The van der Waals surface area contributed by atoms with Crippen molar-refractivity contribution in [2.75, 3.05) is 32.0 Å². The van der Waals surface area contributed by atoms with E-state index in [0.29, 0.717) is 18.1 Å². The third-order valence-electron chi connectivity index (χ3n) is 7.85. The Balaban J connectivity index is 1.18. The van der Waals surface area contributed by atoms with Gasteiger partial charge in [-0.3, -0.25) is 24.6 Å². The molecule has 2 aromatic rings. The van der Waals surface area contributed by atoms with Crippen molar-refractivity contribution in [3.63, 3.8) is 0 Å². The van der Waals surface area contributed by atoms with Crippen LogP contribution in [-0.4, -0.2) is 64.9 Å². The molecule has 10 heteroatoms. The average Bonchev–Trinajstić information content (AvgIpc) is 3.17. The second-order valence-electron chi connectivity index (χ2n) is 10.4. The smallest absolute Gasteiger partial charge is 0.255 e. The number of hydrogen-bond donors (Lipinski definition) is 2. The van der Waals surface area contributed by atoms with E-state index in [1.807, 2.05) is 6.07 Å². The first-order valence-electron chi connectivity index (χ1n) is 12.4. The number of carbonyl (C=O) groups is 3. The maximum atomic E-state index is 15.6. The number of halogens is 1. The Hall–Kier alpha value is -3.37. The molecule has 1 spiro atoms. The van der Waals surface area contributed by atoms with Crippen LogP contribution in [0.1, 0.15) is 47.2 Å². The zero-order valence-electron chi connectivity index (χ0n) is 19.9. The van der Waals surface area contributed by atoms with Gasteiger partial charge in [-0.2, -0.15) is 0 Å². The molecular weight excluding hydrogens is 465 g/mol. The number of aromatic nitrogens is 1. The summed E-state index contributed by atoms with van der Waals surface area (Å²) in [6.07, 6.45) is 2.67. The van der Waals surface area contributed by atoms with Crippen molar-refractivity contribution < 1.29 is 23.5 Å². The van der Waals surface area contributed by atoms with Crippen LogP contribution in [0.25, 0.3) is 11.3 Å². The van der Waals surface area contributed by atoms with Crippen LogP contribution in [0.15, 0.2) is 24.3 Å². The highest BCUT2D eigenvalue weighted by molar-refractivity contribution is 6.05. The van der Waals surface area contributed by atoms with Gasteiger partial charge in [0.1, 0.15) is 17.7 Å². The molecule has 0 saturated carbocycles. The molecule has 3 saturated heterocycles. The first-order chi connectivity index (χ1) is 17.3. The zero-order valence-corrected chi connectivity index (χ0v) is 19.9. The minimum Gasteiger partial charge on any atom is -0.383 e. The molecular formula is C26H28FN5O4. The van der Waals surface area contributed by atoms with Crippen molar-refractivity contribution >= 4 is 23.5 Å². The van der Waals surface area contributed by atoms with Gasteiger partial charge in [0.05, 0.1) is 18.8 Å². The molecule has 9 nitrogen and oxygen atoms in total. The third-order valence-corrected chi connectivity index (χ3v) is 7.85. The number of carbonyl (C=O) groups excluding carboxylic acids is 3. The summed E-state index contributed by atoms with van der Waals surface area (Å²) in [5.74, 6) is -1.49. The number of anilines is 1. The summed E-state index contributed by atoms with van der Waals surface area (Å²) < 4.78 is 21.3. The minimum atomic E-state index is -0.792. The SMILES string of the molecule is Nc1nc(-c2ccc3c(c2F)CN([C@@H]2CCC(=O)NC2=O)C3=O)ccc1CN1CC2(CCCOC2)C1. The summed E-state index contributed by atoms with van der Waals surface area (Å²) in [6, 6.07) is 5.95. The molecule has 0 unspecified atom stereocenters. The Labute approximate surface area is 207 Å². The predicted molar refractivity (Wildman–Crippen MR) is 128 cm³/mol. The van der Waals surface area contributed by atoms with Crippen molar-refractivity contribution in [1.82, 2.24) is 20.1 Å². The molecule has 0 bridgehead atoms. The number of nitrogen functional groups attached to an aromatic ring is 1. The second kappa shape index (κ2) is 8.63. The molecule has 0 aliphatic carbocycles. The van der Waals surface area contributed by atoms with Crippen molar-refractivity contribution in [3.05, 3.63) is 46.8 Å². The fraction of sp³-hybridized carbons (Fsp3) is 0.462. The van der Waals surface area contributed by atoms with Crippen LogP contribution < -0.4 is 11.1 Å². The Kier molecular flexibility index (Phi) is 5.53. The number of benzene rings is 1. The number of fused-ring (bicyclic) bond motifs is 1. The van der Waals surface area contributed by atoms with E-state index in [1.54, 1.807) is 12.1 Å². The lowest BCUT2D eigenvalue weighted by Gasteiger charge is -2.52. The van der Waals surface area contributed by atoms with E-state index in [-0.39, 0.29) is 47.4 Å². The quantitative estimate of drug-likeness (QED) is 0.624. The zero-order chi connectivity index (χ0) is 25.0. The number of hydrogen-bond acceptors (Lipinski definition) is 7. The minimum absolute atomic E-state index is 0.0336. The predicted octanol–water partition coefficient (Wildman–Crippen LogP) is 1.84. The van der Waals surface area contributed by atoms with Gasteiger partial charge < -0.3 is 15.4 Å². The summed E-state index contributed by atoms with van der Waals surface area (Å²) >= 11 is 0. The molecule has 3 N–H and O–H groups in total. The van der Waals surface area contributed by atoms with Gasteiger partial charge in [0.25, 0.3) is 5.91 Å². The number of likely N-dealkylation sites (tertiary alicyclic amines) is 1. The highest BCUT2D eigenvalue weighted by Gasteiger charge is 2.44. The lowest BCUT2D eigenvalue weighted by atomic mass is 9.75. The van der Waals surface area contributed by atoms with Crippen LogP contribution in [0.3, 0.4) is 0 Å². The van der Waals surface area contributed by atoms with Crippen LogP contribution in [0.2, 0.25) is 0 Å². The molecule has 4 aliphatic rings. The van der Waals surface area contributed by atoms with Crippen molar-refractivity contribution in [2.45, 2.75) is 44.8 Å². The van der Waals surface area contributed by atoms with E-state index in [1.165, 1.54) is 17.4 Å². The molecule has 188 valence electrons. The normalized spacial score (nSPS) is 23.5. The van der Waals surface area contributed by atoms with Gasteiger partial charge in [0.2, 0.25) is 11.8 Å². The molecule has 6 rings (SSSR count). The topological polar surface area (TPSA) is 118 Å². The number of pyridine rings is 1. The van der Waals surface area contributed by atoms with Crippen LogP contribution in [-0.2, 0) is 27.4 Å². The van der Waals surface area contributed by atoms with Crippen molar-refractivity contribution in [3.8, 4) is 11.3 Å². The maximum Gasteiger partial charge on any atom is 0.255 e. The van der Waals surface area contributed by atoms with Crippen molar-refractivity contribution in [2.24, 2.45) is 5.41 Å². The monoisotopic (exact) mass is 493 g/mol. The molecule has 5 heterocycles. The number of piperidine rings is 1. The summed E-state index contributed by atoms with van der Waals surface area (Å²) in [6.45, 7) is 4.27. The largest absolute Gasteiger partial charge is 0.383 e. The van der Waals surface area contributed by atoms with Gasteiger partial charge in [-0.05, 0) is 37.5 Å². The van der Waals surface area contributed by atoms with E-state index in [9.17, 15) is 14.4 Å². The van der Waals surface area contributed by atoms with E-state index >= 15 is 4.39 Å². The number of nitrogens with zero attached hydrogens (tertiary/aromatic N) is 3. The molecule has 4 aliphatic heterocycles.